The molecule has 2 N–H and O–H groups in total. The van der Waals surface area contributed by atoms with Gasteiger partial charge >= 0.3 is 29.6 Å². The van der Waals surface area contributed by atoms with Crippen LogP contribution in [0.2, 0.25) is 0 Å². The predicted octanol–water partition coefficient (Wildman–Crippen LogP) is -3.06. The van der Waals surface area contributed by atoms with Gasteiger partial charge in [-0.3, -0.25) is 9.11 Å². The first-order chi connectivity index (χ1) is 6.61. The molecule has 1 aromatic carbocycles. The van der Waals surface area contributed by atoms with Gasteiger partial charge in [-0.25, -0.2) is 8.42 Å². The zero-order chi connectivity index (χ0) is 12.1. The minimum atomic E-state index is -4.92. The molecule has 0 spiro atoms. The summed E-state index contributed by atoms with van der Waals surface area (Å²) in [6, 6.07) is 7.42. The van der Waals surface area contributed by atoms with E-state index in [4.69, 9.17) is 22.1 Å². The molecule has 0 radical (unpaired) electrons. The van der Waals surface area contributed by atoms with Gasteiger partial charge in [-0.2, -0.15) is 8.42 Å². The van der Waals surface area contributed by atoms with E-state index in [1.165, 1.54) is 12.1 Å². The van der Waals surface area contributed by atoms with Crippen LogP contribution in [-0.4, -0.2) is 30.5 Å². The van der Waals surface area contributed by atoms with Gasteiger partial charge in [0.2, 0.25) is 10.4 Å². The average Bonchev–Trinajstić information content (AvgIpc) is 2.01. The summed E-state index contributed by atoms with van der Waals surface area (Å²) in [6.45, 7) is 0. The third-order valence-corrected chi connectivity index (χ3v) is 1.91. The number of hydrogen-bond acceptors (Lipinski definition) is 5. The fourth-order valence-electron chi connectivity index (χ4n) is 0.592. The number of rotatable bonds is 1. The van der Waals surface area contributed by atoms with Gasteiger partial charge in [0.25, 0.3) is 10.1 Å². The Morgan fingerprint density at radius 1 is 0.938 bits per heavy atom. The molecule has 16 heavy (non-hydrogen) atoms. The molecule has 0 saturated heterocycles. The molecular formula is C6H7NaO7S2. The molecule has 1 rings (SSSR count). The Kier molecular flexibility index (Phi) is 8.44. The third kappa shape index (κ3) is 12.1. The first-order valence-electron chi connectivity index (χ1n) is 3.31. The van der Waals surface area contributed by atoms with E-state index < -0.39 is 20.5 Å². The molecule has 0 aliphatic carbocycles. The summed E-state index contributed by atoms with van der Waals surface area (Å²) in [6.07, 6.45) is 0. The van der Waals surface area contributed by atoms with Crippen molar-refractivity contribution in [3.63, 3.8) is 0 Å². The molecule has 1 aromatic rings. The smallest absolute Gasteiger partial charge is 0.726 e. The standard InChI is InChI=1S/C6H6O3S.Na.H2O4S/c7-10(8,9)6-4-2-1-3-5-6;;1-5(2,3)4/h1-5H,(H,7,8,9);;(H2,1,2,3,4)/q;+1;/p-1. The molecular weight excluding hydrogens is 271 g/mol. The Morgan fingerprint density at radius 3 is 1.44 bits per heavy atom. The van der Waals surface area contributed by atoms with Crippen LogP contribution in [0.3, 0.4) is 0 Å². The first kappa shape index (κ1) is 18.4. The summed E-state index contributed by atoms with van der Waals surface area (Å²) in [5.41, 5.74) is 0. The van der Waals surface area contributed by atoms with Crippen LogP contribution < -0.4 is 29.6 Å². The van der Waals surface area contributed by atoms with E-state index in [0.29, 0.717) is 0 Å². The Bertz CT molecular complexity index is 485. The second kappa shape index (κ2) is 7.35. The van der Waals surface area contributed by atoms with Gasteiger partial charge in [0.05, 0.1) is 4.90 Å². The van der Waals surface area contributed by atoms with Crippen LogP contribution in [0.4, 0.5) is 0 Å². The van der Waals surface area contributed by atoms with Crippen molar-refractivity contribution in [1.82, 2.24) is 0 Å². The van der Waals surface area contributed by atoms with Crippen molar-refractivity contribution in [3.05, 3.63) is 30.3 Å². The van der Waals surface area contributed by atoms with Gasteiger partial charge in [0, 0.05) is 0 Å². The van der Waals surface area contributed by atoms with Crippen molar-refractivity contribution in [2.45, 2.75) is 4.90 Å². The average molecular weight is 278 g/mol. The quantitative estimate of drug-likeness (QED) is 0.316. The van der Waals surface area contributed by atoms with Crippen molar-refractivity contribution in [2.75, 3.05) is 0 Å². The van der Waals surface area contributed by atoms with E-state index in [1.54, 1.807) is 18.2 Å². The number of benzene rings is 1. The van der Waals surface area contributed by atoms with Gasteiger partial charge in [-0.15, -0.1) is 0 Å². The van der Waals surface area contributed by atoms with Gasteiger partial charge in [0.1, 0.15) is 0 Å². The molecule has 7 nitrogen and oxygen atoms in total. The summed E-state index contributed by atoms with van der Waals surface area (Å²) in [4.78, 5) is -0.0741. The molecule has 0 aliphatic rings. The molecule has 0 saturated carbocycles. The SMILES string of the molecule is O=S(=O)(O)c1ccccc1.O=S(=O)([O-])O.[Na+]. The molecule has 0 aromatic heterocycles. The van der Waals surface area contributed by atoms with E-state index in [1.807, 2.05) is 0 Å². The van der Waals surface area contributed by atoms with Gasteiger partial charge in [-0.1, -0.05) is 18.2 Å². The molecule has 0 fully saturated rings. The summed E-state index contributed by atoms with van der Waals surface area (Å²) in [5, 5.41) is 0. The second-order valence-corrected chi connectivity index (χ2v) is 4.49. The Labute approximate surface area is 115 Å². The molecule has 0 bridgehead atoms. The maximum absolute atomic E-state index is 10.4. The maximum Gasteiger partial charge on any atom is 1.00 e. The largest absolute Gasteiger partial charge is 1.00 e. The minimum Gasteiger partial charge on any atom is -0.726 e. The second-order valence-electron chi connectivity index (χ2n) is 2.22. The van der Waals surface area contributed by atoms with Gasteiger partial charge < -0.3 is 4.55 Å². The Morgan fingerprint density at radius 2 is 1.25 bits per heavy atom. The van der Waals surface area contributed by atoms with Crippen LogP contribution >= 0.6 is 0 Å². The van der Waals surface area contributed by atoms with E-state index in [2.05, 4.69) is 0 Å². The maximum atomic E-state index is 10.4. The van der Waals surface area contributed by atoms with Crippen LogP contribution in [-0.2, 0) is 20.5 Å². The molecule has 86 valence electrons. The molecule has 0 amide bonds. The van der Waals surface area contributed by atoms with Crippen molar-refractivity contribution in [3.8, 4) is 0 Å². The zero-order valence-electron chi connectivity index (χ0n) is 8.14. The van der Waals surface area contributed by atoms with Crippen molar-refractivity contribution in [2.24, 2.45) is 0 Å². The van der Waals surface area contributed by atoms with E-state index in [0.717, 1.165) is 0 Å². The van der Waals surface area contributed by atoms with Crippen molar-refractivity contribution in [1.29, 1.82) is 0 Å². The van der Waals surface area contributed by atoms with E-state index in [9.17, 15) is 8.42 Å². The topological polar surface area (TPSA) is 132 Å². The summed E-state index contributed by atoms with van der Waals surface area (Å²) < 4.78 is 62.1. The minimum absolute atomic E-state index is 0. The van der Waals surface area contributed by atoms with Crippen LogP contribution in [0.25, 0.3) is 0 Å². The monoisotopic (exact) mass is 278 g/mol. The normalized spacial score (nSPS) is 10.7. The number of hydrogen-bond donors (Lipinski definition) is 2. The summed E-state index contributed by atoms with van der Waals surface area (Å²) in [7, 11) is -8.92. The van der Waals surface area contributed by atoms with Crippen LogP contribution in [0.1, 0.15) is 0 Å². The van der Waals surface area contributed by atoms with Crippen LogP contribution in [0.5, 0.6) is 0 Å². The summed E-state index contributed by atoms with van der Waals surface area (Å²) >= 11 is 0. The van der Waals surface area contributed by atoms with Crippen molar-refractivity contribution >= 4 is 20.5 Å². The predicted molar refractivity (Wildman–Crippen MR) is 48.6 cm³/mol. The molecule has 0 unspecified atom stereocenters. The third-order valence-electron chi connectivity index (χ3n) is 1.04. The van der Waals surface area contributed by atoms with Crippen LogP contribution in [0.15, 0.2) is 35.2 Å². The molecule has 0 aliphatic heterocycles. The van der Waals surface area contributed by atoms with E-state index in [-0.39, 0.29) is 34.5 Å². The van der Waals surface area contributed by atoms with Gasteiger partial charge in [-0.05, 0) is 12.1 Å². The zero-order valence-corrected chi connectivity index (χ0v) is 11.8. The Hall–Kier alpha value is -0.000000000000000222. The van der Waals surface area contributed by atoms with E-state index >= 15 is 0 Å². The fourth-order valence-corrected chi connectivity index (χ4v) is 1.09. The molecule has 0 atom stereocenters. The van der Waals surface area contributed by atoms with Gasteiger partial charge in [0.15, 0.2) is 0 Å². The summed E-state index contributed by atoms with van der Waals surface area (Å²) in [5.74, 6) is 0. The van der Waals surface area contributed by atoms with Crippen molar-refractivity contribution < 1.29 is 60.1 Å². The molecule has 10 heteroatoms. The molecule has 0 heterocycles. The van der Waals surface area contributed by atoms with Crippen LogP contribution in [0, 0.1) is 0 Å². The Balaban J connectivity index is 0. The first-order valence-corrected chi connectivity index (χ1v) is 6.12. The fraction of sp³-hybridized carbons (Fsp3) is 0.